The fourth-order valence-electron chi connectivity index (χ4n) is 2.03. The van der Waals surface area contributed by atoms with E-state index in [1.54, 1.807) is 13.2 Å². The van der Waals surface area contributed by atoms with Crippen LogP contribution in [0.2, 0.25) is 0 Å². The van der Waals surface area contributed by atoms with Crippen molar-refractivity contribution in [3.05, 3.63) is 29.0 Å². The first-order chi connectivity index (χ1) is 8.95. The summed E-state index contributed by atoms with van der Waals surface area (Å²) in [6.45, 7) is 7.61. The highest BCUT2D eigenvalue weighted by molar-refractivity contribution is 6.08. The first-order valence-electron chi connectivity index (χ1n) is 6.31. The molecule has 4 heteroatoms. The van der Waals surface area contributed by atoms with Gasteiger partial charge < -0.3 is 4.74 Å². The van der Waals surface area contributed by atoms with Crippen LogP contribution in [0.5, 0.6) is 5.88 Å². The summed E-state index contributed by atoms with van der Waals surface area (Å²) in [4.78, 5) is 21.3. The van der Waals surface area contributed by atoms with Crippen molar-refractivity contribution < 1.29 is 9.53 Å². The van der Waals surface area contributed by atoms with Gasteiger partial charge in [0.25, 0.3) is 0 Å². The summed E-state index contributed by atoms with van der Waals surface area (Å²) in [5.41, 5.74) is 3.78. The minimum atomic E-state index is -0.0725. The van der Waals surface area contributed by atoms with Gasteiger partial charge in [-0.15, -0.1) is 0 Å². The van der Waals surface area contributed by atoms with Crippen LogP contribution in [0.4, 0.5) is 0 Å². The van der Waals surface area contributed by atoms with E-state index in [-0.39, 0.29) is 11.7 Å². The molecule has 0 unspecified atom stereocenters. The van der Waals surface area contributed by atoms with Crippen LogP contribution in [0.15, 0.2) is 12.1 Å². The van der Waals surface area contributed by atoms with E-state index in [0.717, 1.165) is 16.8 Å². The Labute approximate surface area is 112 Å². The first-order valence-corrected chi connectivity index (χ1v) is 6.31. The molecule has 2 aromatic rings. The Bertz CT molecular complexity index is 648. The molecule has 2 heterocycles. The van der Waals surface area contributed by atoms with E-state index in [9.17, 15) is 4.79 Å². The van der Waals surface area contributed by atoms with Crippen LogP contribution in [0, 0.1) is 19.8 Å². The molecule has 0 radical (unpaired) electrons. The van der Waals surface area contributed by atoms with Crippen molar-refractivity contribution in [2.24, 2.45) is 5.92 Å². The van der Waals surface area contributed by atoms with Crippen LogP contribution in [0.25, 0.3) is 11.0 Å². The standard InChI is InChI=1S/C15H18N2O2/c1-8(2)15(18)13-9(3)10(4)16-11-6-7-12(19-5)17-14(11)13/h6-8H,1-5H3. The van der Waals surface area contributed by atoms with Gasteiger partial charge in [-0.05, 0) is 25.5 Å². The Morgan fingerprint density at radius 2 is 1.89 bits per heavy atom. The molecule has 0 fully saturated rings. The summed E-state index contributed by atoms with van der Waals surface area (Å²) >= 11 is 0. The Kier molecular flexibility index (Phi) is 3.51. The predicted octanol–water partition coefficient (Wildman–Crippen LogP) is 3.09. The molecule has 0 aliphatic carbocycles. The zero-order chi connectivity index (χ0) is 14.2. The minimum absolute atomic E-state index is 0.0725. The van der Waals surface area contributed by atoms with Crippen LogP contribution in [0.1, 0.15) is 35.5 Å². The Hall–Kier alpha value is -1.97. The van der Waals surface area contributed by atoms with E-state index in [1.807, 2.05) is 33.8 Å². The molecule has 0 aliphatic heterocycles. The molecule has 0 spiro atoms. The molecule has 19 heavy (non-hydrogen) atoms. The molecule has 0 N–H and O–H groups in total. The number of carbonyl (C=O) groups excluding carboxylic acids is 1. The van der Waals surface area contributed by atoms with Crippen LogP contribution < -0.4 is 4.74 Å². The van der Waals surface area contributed by atoms with Gasteiger partial charge in [-0.25, -0.2) is 4.98 Å². The van der Waals surface area contributed by atoms with Gasteiger partial charge in [-0.3, -0.25) is 9.78 Å². The van der Waals surface area contributed by atoms with Gasteiger partial charge in [0.2, 0.25) is 5.88 Å². The third-order valence-electron chi connectivity index (χ3n) is 3.27. The fourth-order valence-corrected chi connectivity index (χ4v) is 2.03. The van der Waals surface area contributed by atoms with Crippen LogP contribution in [0.3, 0.4) is 0 Å². The topological polar surface area (TPSA) is 52.1 Å². The summed E-state index contributed by atoms with van der Waals surface area (Å²) < 4.78 is 5.14. The molecule has 0 atom stereocenters. The molecule has 2 rings (SSSR count). The van der Waals surface area contributed by atoms with Crippen LogP contribution in [-0.4, -0.2) is 22.9 Å². The van der Waals surface area contributed by atoms with Crippen molar-refractivity contribution in [3.63, 3.8) is 0 Å². The van der Waals surface area contributed by atoms with Crippen LogP contribution >= 0.6 is 0 Å². The molecule has 0 aliphatic rings. The molecule has 0 saturated carbocycles. The minimum Gasteiger partial charge on any atom is -0.481 e. The molecule has 0 aromatic carbocycles. The monoisotopic (exact) mass is 258 g/mol. The number of methoxy groups -OCH3 is 1. The number of carbonyl (C=O) groups is 1. The number of rotatable bonds is 3. The summed E-state index contributed by atoms with van der Waals surface area (Å²) in [5.74, 6) is 0.515. The zero-order valence-corrected chi connectivity index (χ0v) is 11.9. The fraction of sp³-hybridized carbons (Fsp3) is 0.400. The van der Waals surface area contributed by atoms with Crippen molar-refractivity contribution in [1.29, 1.82) is 0 Å². The molecule has 100 valence electrons. The third kappa shape index (κ3) is 2.30. The molecule has 0 saturated heterocycles. The van der Waals surface area contributed by atoms with Gasteiger partial charge in [0, 0.05) is 17.7 Å². The zero-order valence-electron chi connectivity index (χ0n) is 11.9. The molecule has 2 aromatic heterocycles. The Morgan fingerprint density at radius 1 is 1.21 bits per heavy atom. The third-order valence-corrected chi connectivity index (χ3v) is 3.27. The van der Waals surface area contributed by atoms with Crippen molar-refractivity contribution in [1.82, 2.24) is 9.97 Å². The van der Waals surface area contributed by atoms with Gasteiger partial charge in [0.15, 0.2) is 5.78 Å². The molecular weight excluding hydrogens is 240 g/mol. The molecule has 0 amide bonds. The number of hydrogen-bond acceptors (Lipinski definition) is 4. The van der Waals surface area contributed by atoms with Gasteiger partial charge >= 0.3 is 0 Å². The number of fused-ring (bicyclic) bond motifs is 1. The van der Waals surface area contributed by atoms with Gasteiger partial charge in [-0.1, -0.05) is 13.8 Å². The maximum Gasteiger partial charge on any atom is 0.213 e. The predicted molar refractivity (Wildman–Crippen MR) is 74.7 cm³/mol. The largest absolute Gasteiger partial charge is 0.481 e. The quantitative estimate of drug-likeness (QED) is 0.794. The lowest BCUT2D eigenvalue weighted by Crippen LogP contribution is -2.12. The van der Waals surface area contributed by atoms with Crippen molar-refractivity contribution in [2.75, 3.05) is 7.11 Å². The lowest BCUT2D eigenvalue weighted by atomic mass is 9.95. The highest BCUT2D eigenvalue weighted by Crippen LogP contribution is 2.25. The van der Waals surface area contributed by atoms with Crippen molar-refractivity contribution in [3.8, 4) is 5.88 Å². The van der Waals surface area contributed by atoms with Crippen LogP contribution in [-0.2, 0) is 0 Å². The number of ether oxygens (including phenoxy) is 1. The summed E-state index contributed by atoms with van der Waals surface area (Å²) in [5, 5.41) is 0. The number of nitrogens with zero attached hydrogens (tertiary/aromatic N) is 2. The number of Topliss-reactive ketones (excluding diaryl/α,β-unsaturated/α-hetero) is 1. The average molecular weight is 258 g/mol. The number of ketones is 1. The molecule has 4 nitrogen and oxygen atoms in total. The second-order valence-corrected chi connectivity index (χ2v) is 4.94. The average Bonchev–Trinajstić information content (AvgIpc) is 2.39. The summed E-state index contributed by atoms with van der Waals surface area (Å²) in [6, 6.07) is 3.60. The maximum absolute atomic E-state index is 12.4. The lowest BCUT2D eigenvalue weighted by Gasteiger charge is -2.13. The number of aromatic nitrogens is 2. The second-order valence-electron chi connectivity index (χ2n) is 4.94. The normalized spacial score (nSPS) is 11.1. The molecular formula is C15H18N2O2. The SMILES string of the molecule is COc1ccc2nc(C)c(C)c(C(=O)C(C)C)c2n1. The lowest BCUT2D eigenvalue weighted by molar-refractivity contribution is 0.0940. The van der Waals surface area contributed by atoms with E-state index in [2.05, 4.69) is 9.97 Å². The Morgan fingerprint density at radius 3 is 2.47 bits per heavy atom. The van der Waals surface area contributed by atoms with E-state index in [4.69, 9.17) is 4.74 Å². The summed E-state index contributed by atoms with van der Waals surface area (Å²) in [6.07, 6.45) is 0. The smallest absolute Gasteiger partial charge is 0.213 e. The molecule has 0 bridgehead atoms. The van der Waals surface area contributed by atoms with E-state index < -0.39 is 0 Å². The van der Waals surface area contributed by atoms with E-state index in [0.29, 0.717) is 17.0 Å². The number of aryl methyl sites for hydroxylation is 1. The maximum atomic E-state index is 12.4. The number of pyridine rings is 2. The van der Waals surface area contributed by atoms with E-state index >= 15 is 0 Å². The first kappa shape index (κ1) is 13.5. The van der Waals surface area contributed by atoms with Gasteiger partial charge in [0.1, 0.15) is 5.52 Å². The second kappa shape index (κ2) is 4.96. The van der Waals surface area contributed by atoms with Gasteiger partial charge in [0.05, 0.1) is 18.2 Å². The van der Waals surface area contributed by atoms with Crippen molar-refractivity contribution >= 4 is 16.8 Å². The van der Waals surface area contributed by atoms with Gasteiger partial charge in [-0.2, -0.15) is 0 Å². The number of hydrogen-bond donors (Lipinski definition) is 0. The highest BCUT2D eigenvalue weighted by Gasteiger charge is 2.20. The Balaban J connectivity index is 2.83. The van der Waals surface area contributed by atoms with E-state index in [1.165, 1.54) is 0 Å². The summed E-state index contributed by atoms with van der Waals surface area (Å²) in [7, 11) is 1.56. The highest BCUT2D eigenvalue weighted by atomic mass is 16.5. The van der Waals surface area contributed by atoms with Crippen molar-refractivity contribution in [2.45, 2.75) is 27.7 Å².